The zero-order valence-corrected chi connectivity index (χ0v) is 14.4. The second-order valence-corrected chi connectivity index (χ2v) is 6.85. The van der Waals surface area contributed by atoms with E-state index in [0.717, 1.165) is 5.56 Å². The van der Waals surface area contributed by atoms with E-state index in [1.807, 2.05) is 0 Å². The van der Waals surface area contributed by atoms with Crippen molar-refractivity contribution in [3.8, 4) is 0 Å². The van der Waals surface area contributed by atoms with E-state index in [4.69, 9.17) is 0 Å². The van der Waals surface area contributed by atoms with Crippen LogP contribution in [0.2, 0.25) is 0 Å². The summed E-state index contributed by atoms with van der Waals surface area (Å²) in [6.07, 6.45) is 0.0298. The van der Waals surface area contributed by atoms with Crippen LogP contribution in [0, 0.1) is 5.82 Å². The number of piperazine rings is 1. The fraction of sp³-hybridized carbons (Fsp3) is 0.500. The topological polar surface area (TPSA) is 98.7 Å². The smallest absolute Gasteiger partial charge is 0.248 e. The lowest BCUT2D eigenvalue weighted by Gasteiger charge is -2.44. The Morgan fingerprint density at radius 3 is 2.73 bits per heavy atom. The molecule has 0 spiro atoms. The van der Waals surface area contributed by atoms with Gasteiger partial charge in [-0.1, -0.05) is 12.1 Å². The predicted molar refractivity (Wildman–Crippen MR) is 90.4 cm³/mol. The third-order valence-corrected chi connectivity index (χ3v) is 4.88. The highest BCUT2D eigenvalue weighted by Gasteiger charge is 2.44. The summed E-state index contributed by atoms with van der Waals surface area (Å²) in [5.74, 6) is -1.26. The molecule has 3 amide bonds. The summed E-state index contributed by atoms with van der Waals surface area (Å²) in [7, 11) is 0. The van der Waals surface area contributed by atoms with Crippen molar-refractivity contribution in [2.75, 3.05) is 6.54 Å². The highest BCUT2D eigenvalue weighted by molar-refractivity contribution is 5.97. The maximum atomic E-state index is 13.0. The highest BCUT2D eigenvalue weighted by atomic mass is 19.1. The zero-order chi connectivity index (χ0) is 18.8. The van der Waals surface area contributed by atoms with Crippen LogP contribution >= 0.6 is 0 Å². The lowest BCUT2D eigenvalue weighted by atomic mass is 9.91. The number of benzene rings is 1. The molecule has 2 fully saturated rings. The Labute approximate surface area is 150 Å². The van der Waals surface area contributed by atoms with Crippen LogP contribution in [0.15, 0.2) is 24.3 Å². The van der Waals surface area contributed by atoms with Gasteiger partial charge in [-0.15, -0.1) is 0 Å². The number of amides is 3. The number of aliphatic hydroxyl groups excluding tert-OH is 1. The van der Waals surface area contributed by atoms with Crippen LogP contribution in [0.25, 0.3) is 0 Å². The number of nitrogens with zero attached hydrogens (tertiary/aromatic N) is 1. The minimum Gasteiger partial charge on any atom is -0.384 e. The van der Waals surface area contributed by atoms with Crippen molar-refractivity contribution in [2.24, 2.45) is 0 Å². The van der Waals surface area contributed by atoms with Gasteiger partial charge in [-0.2, -0.15) is 0 Å². The number of halogens is 1. The number of hydrogen-bond acceptors (Lipinski definition) is 4. The fourth-order valence-corrected chi connectivity index (χ4v) is 3.45. The molecule has 0 bridgehead atoms. The van der Waals surface area contributed by atoms with E-state index in [1.54, 1.807) is 17.0 Å². The Balaban J connectivity index is 1.65. The molecule has 2 saturated heterocycles. The lowest BCUT2D eigenvalue weighted by molar-refractivity contribution is -0.152. The van der Waals surface area contributed by atoms with Gasteiger partial charge in [0.1, 0.15) is 24.0 Å². The summed E-state index contributed by atoms with van der Waals surface area (Å²) in [6.45, 7) is 1.74. The summed E-state index contributed by atoms with van der Waals surface area (Å²) in [6, 6.07) is 4.28. The number of fused-ring (bicyclic) bond motifs is 1. The van der Waals surface area contributed by atoms with Gasteiger partial charge in [-0.3, -0.25) is 14.4 Å². The highest BCUT2D eigenvalue weighted by Crippen LogP contribution is 2.23. The maximum absolute atomic E-state index is 13.0. The minimum absolute atomic E-state index is 0.167. The molecular weight excluding hydrogens is 341 g/mol. The molecule has 0 radical (unpaired) electrons. The minimum atomic E-state index is -1.12. The van der Waals surface area contributed by atoms with Crippen LogP contribution in [-0.2, 0) is 20.8 Å². The summed E-state index contributed by atoms with van der Waals surface area (Å²) < 4.78 is 13.0. The van der Waals surface area contributed by atoms with E-state index in [-0.39, 0.29) is 23.7 Å². The van der Waals surface area contributed by atoms with Gasteiger partial charge < -0.3 is 20.6 Å². The Bertz CT molecular complexity index is 707. The van der Waals surface area contributed by atoms with Crippen LogP contribution in [0.5, 0.6) is 0 Å². The molecule has 4 unspecified atom stereocenters. The van der Waals surface area contributed by atoms with Gasteiger partial charge in [0.05, 0.1) is 0 Å². The Kier molecular flexibility index (Phi) is 5.22. The second-order valence-electron chi connectivity index (χ2n) is 6.85. The molecule has 3 N–H and O–H groups in total. The number of carbonyl (C=O) groups is 3. The average molecular weight is 363 g/mol. The van der Waals surface area contributed by atoms with Crippen molar-refractivity contribution in [3.05, 3.63) is 35.6 Å². The van der Waals surface area contributed by atoms with Crippen molar-refractivity contribution < 1.29 is 23.9 Å². The Hall–Kier alpha value is -2.48. The third-order valence-electron chi connectivity index (χ3n) is 4.88. The molecule has 0 aliphatic carbocycles. The molecule has 2 aliphatic rings. The van der Waals surface area contributed by atoms with Gasteiger partial charge >= 0.3 is 0 Å². The fourth-order valence-electron chi connectivity index (χ4n) is 3.45. The number of hydrogen-bond donors (Lipinski definition) is 3. The van der Waals surface area contributed by atoms with Gasteiger partial charge in [-0.05, 0) is 37.5 Å². The van der Waals surface area contributed by atoms with Crippen molar-refractivity contribution in [1.82, 2.24) is 15.5 Å². The molecule has 2 aliphatic heterocycles. The van der Waals surface area contributed by atoms with Crippen LogP contribution < -0.4 is 10.6 Å². The molecule has 0 saturated carbocycles. The Morgan fingerprint density at radius 1 is 1.38 bits per heavy atom. The zero-order valence-electron chi connectivity index (χ0n) is 14.4. The monoisotopic (exact) mass is 363 g/mol. The summed E-state index contributed by atoms with van der Waals surface area (Å²) in [5, 5.41) is 14.7. The quantitative estimate of drug-likeness (QED) is 0.685. The summed E-state index contributed by atoms with van der Waals surface area (Å²) >= 11 is 0. The van der Waals surface area contributed by atoms with Gasteiger partial charge in [0, 0.05) is 19.0 Å². The SMILES string of the molecule is CC(O)C(=O)NC1CCN2C(=O)C(Cc3ccc(F)cc3)NC(=O)C2C1. The molecule has 1 aromatic rings. The van der Waals surface area contributed by atoms with Gasteiger partial charge in [-0.25, -0.2) is 4.39 Å². The lowest BCUT2D eigenvalue weighted by Crippen LogP contribution is -2.67. The maximum Gasteiger partial charge on any atom is 0.248 e. The summed E-state index contributed by atoms with van der Waals surface area (Å²) in [4.78, 5) is 38.4. The first kappa shape index (κ1) is 18.3. The van der Waals surface area contributed by atoms with Crippen LogP contribution in [-0.4, -0.2) is 58.5 Å². The number of piperidine rings is 1. The van der Waals surface area contributed by atoms with Gasteiger partial charge in [0.25, 0.3) is 0 Å². The van der Waals surface area contributed by atoms with E-state index in [9.17, 15) is 23.9 Å². The number of carbonyl (C=O) groups excluding carboxylic acids is 3. The van der Waals surface area contributed by atoms with Gasteiger partial charge in [0.15, 0.2) is 0 Å². The molecule has 4 atom stereocenters. The van der Waals surface area contributed by atoms with Gasteiger partial charge in [0.2, 0.25) is 17.7 Å². The molecule has 1 aromatic carbocycles. The molecule has 7 nitrogen and oxygen atoms in total. The van der Waals surface area contributed by atoms with E-state index in [2.05, 4.69) is 10.6 Å². The van der Waals surface area contributed by atoms with E-state index >= 15 is 0 Å². The standard InChI is InChI=1S/C18H22FN3O4/c1-10(23)16(24)20-13-6-7-22-15(9-13)17(25)21-14(18(22)26)8-11-2-4-12(19)5-3-11/h2-5,10,13-15,23H,6-9H2,1H3,(H,20,24)(H,21,25). The van der Waals surface area contributed by atoms with Crippen molar-refractivity contribution in [3.63, 3.8) is 0 Å². The first-order valence-electron chi connectivity index (χ1n) is 8.69. The molecule has 26 heavy (non-hydrogen) atoms. The van der Waals surface area contributed by atoms with E-state index in [1.165, 1.54) is 19.1 Å². The van der Waals surface area contributed by atoms with Crippen LogP contribution in [0.4, 0.5) is 4.39 Å². The first-order chi connectivity index (χ1) is 12.3. The van der Waals surface area contributed by atoms with E-state index < -0.39 is 24.1 Å². The molecule has 8 heteroatoms. The third kappa shape index (κ3) is 3.85. The van der Waals surface area contributed by atoms with Crippen molar-refractivity contribution in [2.45, 2.75) is 50.4 Å². The first-order valence-corrected chi connectivity index (χ1v) is 8.69. The van der Waals surface area contributed by atoms with Crippen molar-refractivity contribution >= 4 is 17.7 Å². The average Bonchev–Trinajstić information content (AvgIpc) is 2.61. The normalized spacial score (nSPS) is 26.7. The molecular formula is C18H22FN3O4. The van der Waals surface area contributed by atoms with Crippen LogP contribution in [0.3, 0.4) is 0 Å². The van der Waals surface area contributed by atoms with Crippen LogP contribution in [0.1, 0.15) is 25.3 Å². The number of aliphatic hydroxyl groups is 1. The Morgan fingerprint density at radius 2 is 2.08 bits per heavy atom. The number of rotatable bonds is 4. The molecule has 2 heterocycles. The molecule has 0 aromatic heterocycles. The largest absolute Gasteiger partial charge is 0.384 e. The van der Waals surface area contributed by atoms with Crippen molar-refractivity contribution in [1.29, 1.82) is 0 Å². The molecule has 3 rings (SSSR count). The second kappa shape index (κ2) is 7.41. The predicted octanol–water partition coefficient (Wildman–Crippen LogP) is -0.277. The van der Waals surface area contributed by atoms with E-state index in [0.29, 0.717) is 25.8 Å². The molecule has 140 valence electrons. The summed E-state index contributed by atoms with van der Waals surface area (Å²) in [5.41, 5.74) is 0.766. The number of nitrogens with one attached hydrogen (secondary N) is 2.